The van der Waals surface area contributed by atoms with Crippen molar-refractivity contribution in [1.29, 1.82) is 0 Å². The van der Waals surface area contributed by atoms with Crippen molar-refractivity contribution in [2.75, 3.05) is 0 Å². The molecule has 2 fully saturated rings. The van der Waals surface area contributed by atoms with Crippen LogP contribution in [0.1, 0.15) is 84.9 Å². The second-order valence-corrected chi connectivity index (χ2v) is 8.03. The van der Waals surface area contributed by atoms with Crippen LogP contribution in [0.4, 0.5) is 0 Å². The van der Waals surface area contributed by atoms with Gasteiger partial charge in [-0.05, 0) is 57.4 Å². The third kappa shape index (κ3) is 2.04. The Morgan fingerprint density at radius 3 is 1.50 bits per heavy atom. The third-order valence-corrected chi connectivity index (χ3v) is 6.33. The molecule has 126 valence electrons. The first-order chi connectivity index (χ1) is 11.6. The summed E-state index contributed by atoms with van der Waals surface area (Å²) in [6.45, 7) is 0. The minimum absolute atomic E-state index is 0.106. The minimum Gasteiger partial charge on any atom is -0.486 e. The summed E-state index contributed by atoms with van der Waals surface area (Å²) in [4.78, 5) is 25.3. The smallest absolute Gasteiger partial charge is 0.170 e. The summed E-state index contributed by atoms with van der Waals surface area (Å²) >= 11 is 0. The zero-order valence-corrected chi connectivity index (χ0v) is 13.9. The highest BCUT2D eigenvalue weighted by atomic mass is 16.5. The Labute approximate surface area is 141 Å². The number of carbonyl (C=O) groups is 2. The molecule has 1 aromatic carbocycles. The summed E-state index contributed by atoms with van der Waals surface area (Å²) in [6.07, 6.45) is 9.13. The van der Waals surface area contributed by atoms with E-state index >= 15 is 0 Å². The number of ketones is 2. The van der Waals surface area contributed by atoms with Crippen molar-refractivity contribution in [2.24, 2.45) is 0 Å². The van der Waals surface area contributed by atoms with Crippen molar-refractivity contribution in [3.8, 4) is 11.5 Å². The molecule has 0 aromatic heterocycles. The van der Waals surface area contributed by atoms with Crippen LogP contribution in [0, 0.1) is 0 Å². The molecule has 24 heavy (non-hydrogen) atoms. The first kappa shape index (κ1) is 14.5. The van der Waals surface area contributed by atoms with Crippen molar-refractivity contribution in [2.45, 2.75) is 75.4 Å². The first-order valence-electron chi connectivity index (χ1n) is 9.21. The highest BCUT2D eigenvalue weighted by molar-refractivity contribution is 6.06. The van der Waals surface area contributed by atoms with Gasteiger partial charge in [0.25, 0.3) is 0 Å². The molecule has 4 heteroatoms. The van der Waals surface area contributed by atoms with Crippen LogP contribution in [0.3, 0.4) is 0 Å². The average Bonchev–Trinajstić information content (AvgIpc) is 3.16. The maximum absolute atomic E-state index is 12.7. The van der Waals surface area contributed by atoms with E-state index in [0.717, 1.165) is 51.4 Å². The van der Waals surface area contributed by atoms with Crippen molar-refractivity contribution in [1.82, 2.24) is 0 Å². The molecule has 0 saturated heterocycles. The molecule has 2 saturated carbocycles. The summed E-state index contributed by atoms with van der Waals surface area (Å²) in [5, 5.41) is 0. The summed E-state index contributed by atoms with van der Waals surface area (Å²) in [6, 6.07) is 3.54. The lowest BCUT2D eigenvalue weighted by molar-refractivity contribution is 0.0390. The standard InChI is InChI=1S/C20H22O4/c21-15-11-19(5-1-2-6-19)23-17-10-18-14(9-13(15)17)16(22)12-20(24-18)7-3-4-8-20/h9-10H,1-8,11-12H2. The summed E-state index contributed by atoms with van der Waals surface area (Å²) in [5.74, 6) is 1.45. The number of hydrogen-bond acceptors (Lipinski definition) is 4. The molecule has 2 aliphatic carbocycles. The Hall–Kier alpha value is -1.84. The van der Waals surface area contributed by atoms with Gasteiger partial charge in [-0.3, -0.25) is 9.59 Å². The number of carbonyl (C=O) groups excluding carboxylic acids is 2. The van der Waals surface area contributed by atoms with E-state index in [1.165, 1.54) is 0 Å². The summed E-state index contributed by atoms with van der Waals surface area (Å²) in [7, 11) is 0. The normalized spacial score (nSPS) is 26.2. The van der Waals surface area contributed by atoms with Gasteiger partial charge >= 0.3 is 0 Å². The van der Waals surface area contributed by atoms with Crippen molar-refractivity contribution in [3.05, 3.63) is 23.3 Å². The molecule has 5 rings (SSSR count). The van der Waals surface area contributed by atoms with E-state index in [9.17, 15) is 9.59 Å². The van der Waals surface area contributed by atoms with E-state index in [-0.39, 0.29) is 22.8 Å². The van der Waals surface area contributed by atoms with Gasteiger partial charge in [0.1, 0.15) is 22.7 Å². The van der Waals surface area contributed by atoms with Gasteiger partial charge in [-0.15, -0.1) is 0 Å². The Morgan fingerprint density at radius 1 is 0.667 bits per heavy atom. The fourth-order valence-electron chi connectivity index (χ4n) is 5.08. The Kier molecular flexibility index (Phi) is 2.92. The maximum Gasteiger partial charge on any atom is 0.170 e. The lowest BCUT2D eigenvalue weighted by Crippen LogP contribution is -2.41. The predicted molar refractivity (Wildman–Crippen MR) is 88.0 cm³/mol. The molecule has 4 nitrogen and oxygen atoms in total. The highest BCUT2D eigenvalue weighted by Crippen LogP contribution is 2.48. The first-order valence-corrected chi connectivity index (χ1v) is 9.21. The van der Waals surface area contributed by atoms with Gasteiger partial charge in [-0.25, -0.2) is 0 Å². The molecule has 2 heterocycles. The molecular weight excluding hydrogens is 304 g/mol. The Balaban J connectivity index is 1.57. The van der Waals surface area contributed by atoms with E-state index in [1.54, 1.807) is 6.07 Å². The number of ether oxygens (including phenoxy) is 2. The fourth-order valence-corrected chi connectivity index (χ4v) is 5.08. The van der Waals surface area contributed by atoms with E-state index < -0.39 is 0 Å². The molecule has 0 unspecified atom stereocenters. The van der Waals surface area contributed by atoms with Gasteiger partial charge in [0.2, 0.25) is 0 Å². The van der Waals surface area contributed by atoms with Gasteiger partial charge < -0.3 is 9.47 Å². The molecule has 0 radical (unpaired) electrons. The molecule has 0 N–H and O–H groups in total. The van der Waals surface area contributed by atoms with Crippen molar-refractivity contribution < 1.29 is 19.1 Å². The van der Waals surface area contributed by atoms with Gasteiger partial charge in [0.15, 0.2) is 11.6 Å². The maximum atomic E-state index is 12.7. The van der Waals surface area contributed by atoms with Crippen LogP contribution in [0.5, 0.6) is 11.5 Å². The van der Waals surface area contributed by atoms with Crippen LogP contribution in [0.2, 0.25) is 0 Å². The number of fused-ring (bicyclic) bond motifs is 2. The van der Waals surface area contributed by atoms with Crippen LogP contribution in [-0.2, 0) is 0 Å². The molecule has 2 spiro atoms. The average molecular weight is 326 g/mol. The van der Waals surface area contributed by atoms with Gasteiger partial charge in [-0.2, -0.15) is 0 Å². The van der Waals surface area contributed by atoms with Crippen LogP contribution in [-0.4, -0.2) is 22.8 Å². The van der Waals surface area contributed by atoms with Crippen LogP contribution in [0.15, 0.2) is 12.1 Å². The molecule has 0 atom stereocenters. The third-order valence-electron chi connectivity index (χ3n) is 6.33. The summed E-state index contributed by atoms with van der Waals surface area (Å²) in [5.41, 5.74) is 0.487. The molecule has 2 aliphatic heterocycles. The molecule has 1 aromatic rings. The van der Waals surface area contributed by atoms with E-state index in [0.29, 0.717) is 35.5 Å². The zero-order chi connectivity index (χ0) is 16.4. The van der Waals surface area contributed by atoms with Crippen molar-refractivity contribution >= 4 is 11.6 Å². The molecule has 4 aliphatic rings. The predicted octanol–water partition coefficient (Wildman–Crippen LogP) is 4.24. The fraction of sp³-hybridized carbons (Fsp3) is 0.600. The zero-order valence-electron chi connectivity index (χ0n) is 13.9. The molecule has 0 bridgehead atoms. The number of hydrogen-bond donors (Lipinski definition) is 0. The second-order valence-electron chi connectivity index (χ2n) is 8.03. The van der Waals surface area contributed by atoms with E-state index in [2.05, 4.69) is 0 Å². The van der Waals surface area contributed by atoms with Crippen LogP contribution in [0.25, 0.3) is 0 Å². The van der Waals surface area contributed by atoms with Crippen LogP contribution >= 0.6 is 0 Å². The quantitative estimate of drug-likeness (QED) is 0.715. The minimum atomic E-state index is -0.317. The SMILES string of the molecule is O=C1CC2(CCCC2)Oc2cc3c(cc21)C(=O)CC1(CCCC1)O3. The topological polar surface area (TPSA) is 52.6 Å². The van der Waals surface area contributed by atoms with E-state index in [1.807, 2.05) is 6.07 Å². The largest absolute Gasteiger partial charge is 0.486 e. The van der Waals surface area contributed by atoms with Crippen LogP contribution < -0.4 is 9.47 Å². The second kappa shape index (κ2) is 4.84. The Morgan fingerprint density at radius 2 is 1.08 bits per heavy atom. The van der Waals surface area contributed by atoms with Crippen molar-refractivity contribution in [3.63, 3.8) is 0 Å². The number of rotatable bonds is 0. The Bertz CT molecular complexity index is 677. The number of Topliss-reactive ketones (excluding diaryl/α,β-unsaturated/α-hetero) is 2. The lowest BCUT2D eigenvalue weighted by Gasteiger charge is -2.38. The lowest BCUT2D eigenvalue weighted by atomic mass is 9.84. The monoisotopic (exact) mass is 326 g/mol. The number of benzene rings is 1. The molecule has 0 amide bonds. The van der Waals surface area contributed by atoms with Gasteiger partial charge in [0, 0.05) is 6.07 Å². The van der Waals surface area contributed by atoms with Gasteiger partial charge in [0.05, 0.1) is 24.0 Å². The highest BCUT2D eigenvalue weighted by Gasteiger charge is 2.46. The van der Waals surface area contributed by atoms with Gasteiger partial charge in [-0.1, -0.05) is 0 Å². The van der Waals surface area contributed by atoms with E-state index in [4.69, 9.17) is 9.47 Å². The molecular formula is C20H22O4. The summed E-state index contributed by atoms with van der Waals surface area (Å²) < 4.78 is 12.6.